The summed E-state index contributed by atoms with van der Waals surface area (Å²) >= 11 is 0. The molecule has 0 aliphatic heterocycles. The molecule has 1 aromatic heterocycles. The van der Waals surface area contributed by atoms with Gasteiger partial charge in [-0.15, -0.1) is 0 Å². The molecule has 1 fully saturated rings. The maximum atomic E-state index is 11.6. The van der Waals surface area contributed by atoms with E-state index in [1.165, 1.54) is 0 Å². The van der Waals surface area contributed by atoms with Crippen LogP contribution in [0.25, 0.3) is 0 Å². The summed E-state index contributed by atoms with van der Waals surface area (Å²) in [7, 11) is 0. The van der Waals surface area contributed by atoms with Crippen molar-refractivity contribution in [1.29, 1.82) is 0 Å². The van der Waals surface area contributed by atoms with E-state index in [4.69, 9.17) is 0 Å². The lowest BCUT2D eigenvalue weighted by Crippen LogP contribution is -2.46. The molecule has 1 aliphatic rings. The Balaban J connectivity index is 2.19. The van der Waals surface area contributed by atoms with Crippen molar-refractivity contribution in [2.75, 3.05) is 5.32 Å². The molecule has 1 saturated carbocycles. The number of anilines is 1. The lowest BCUT2D eigenvalue weighted by Gasteiger charge is -2.29. The molecule has 1 aromatic rings. The van der Waals surface area contributed by atoms with Crippen LogP contribution in [0.3, 0.4) is 0 Å². The SMILES string of the molecule is Cc1ccc(NC2(C(=O)O)CCCCCC2)nc1. The molecule has 2 N–H and O–H groups in total. The van der Waals surface area contributed by atoms with Gasteiger partial charge in [-0.3, -0.25) is 0 Å². The van der Waals surface area contributed by atoms with E-state index >= 15 is 0 Å². The number of carbonyl (C=O) groups is 1. The molecule has 4 heteroatoms. The molecule has 1 heterocycles. The molecule has 0 bridgehead atoms. The Bertz CT molecular complexity index is 406. The average Bonchev–Trinajstić information content (AvgIpc) is 2.59. The van der Waals surface area contributed by atoms with Gasteiger partial charge in [-0.05, 0) is 31.4 Å². The zero-order valence-corrected chi connectivity index (χ0v) is 10.8. The number of nitrogens with one attached hydrogen (secondary N) is 1. The monoisotopic (exact) mass is 248 g/mol. The third-order valence-electron chi connectivity index (χ3n) is 3.65. The molecule has 0 radical (unpaired) electrons. The standard InChI is InChI=1S/C14H20N2O2/c1-11-6-7-12(15-10-11)16-14(13(17)18)8-4-2-3-5-9-14/h6-7,10H,2-5,8-9H2,1H3,(H,15,16)(H,17,18). The summed E-state index contributed by atoms with van der Waals surface area (Å²) in [4.78, 5) is 15.9. The topological polar surface area (TPSA) is 62.2 Å². The second-order valence-electron chi connectivity index (χ2n) is 5.15. The van der Waals surface area contributed by atoms with Crippen molar-refractivity contribution in [3.63, 3.8) is 0 Å². The van der Waals surface area contributed by atoms with Crippen molar-refractivity contribution in [3.05, 3.63) is 23.9 Å². The van der Waals surface area contributed by atoms with Crippen LogP contribution in [0.2, 0.25) is 0 Å². The Hall–Kier alpha value is -1.58. The second kappa shape index (κ2) is 5.38. The van der Waals surface area contributed by atoms with E-state index in [1.54, 1.807) is 6.20 Å². The van der Waals surface area contributed by atoms with Gasteiger partial charge in [0.1, 0.15) is 11.4 Å². The number of aryl methyl sites for hydroxylation is 1. The molecule has 0 atom stereocenters. The van der Waals surface area contributed by atoms with Crippen molar-refractivity contribution in [2.45, 2.75) is 51.0 Å². The van der Waals surface area contributed by atoms with E-state index in [9.17, 15) is 9.90 Å². The summed E-state index contributed by atoms with van der Waals surface area (Å²) < 4.78 is 0. The van der Waals surface area contributed by atoms with E-state index in [0.717, 1.165) is 31.2 Å². The van der Waals surface area contributed by atoms with Crippen LogP contribution in [-0.4, -0.2) is 21.6 Å². The number of hydrogen-bond acceptors (Lipinski definition) is 3. The first kappa shape index (κ1) is 12.9. The van der Waals surface area contributed by atoms with Gasteiger partial charge in [0.15, 0.2) is 0 Å². The number of aromatic nitrogens is 1. The number of nitrogens with zero attached hydrogens (tertiary/aromatic N) is 1. The Morgan fingerprint density at radius 2 is 1.94 bits per heavy atom. The van der Waals surface area contributed by atoms with Crippen molar-refractivity contribution in [2.24, 2.45) is 0 Å². The maximum Gasteiger partial charge on any atom is 0.329 e. The molecular formula is C14H20N2O2. The Labute approximate surface area is 107 Å². The van der Waals surface area contributed by atoms with E-state index in [2.05, 4.69) is 10.3 Å². The minimum absolute atomic E-state index is 0.657. The molecule has 0 saturated heterocycles. The van der Waals surface area contributed by atoms with Crippen LogP contribution in [0.15, 0.2) is 18.3 Å². The van der Waals surface area contributed by atoms with Gasteiger partial charge in [-0.1, -0.05) is 31.7 Å². The minimum Gasteiger partial charge on any atom is -0.480 e. The van der Waals surface area contributed by atoms with Gasteiger partial charge in [-0.25, -0.2) is 9.78 Å². The Morgan fingerprint density at radius 3 is 2.44 bits per heavy atom. The quantitative estimate of drug-likeness (QED) is 0.807. The number of aliphatic carboxylic acids is 1. The lowest BCUT2D eigenvalue weighted by molar-refractivity contribution is -0.142. The first-order valence-electron chi connectivity index (χ1n) is 6.57. The number of carboxylic acid groups (broad SMARTS) is 1. The Morgan fingerprint density at radius 1 is 1.28 bits per heavy atom. The normalized spacial score (nSPS) is 18.9. The van der Waals surface area contributed by atoms with E-state index in [-0.39, 0.29) is 0 Å². The summed E-state index contributed by atoms with van der Waals surface area (Å²) in [6.45, 7) is 1.97. The van der Waals surface area contributed by atoms with Crippen molar-refractivity contribution < 1.29 is 9.90 Å². The molecule has 0 aromatic carbocycles. The van der Waals surface area contributed by atoms with Gasteiger partial charge >= 0.3 is 5.97 Å². The predicted molar refractivity (Wildman–Crippen MR) is 70.7 cm³/mol. The zero-order valence-electron chi connectivity index (χ0n) is 10.8. The summed E-state index contributed by atoms with van der Waals surface area (Å²) in [6, 6.07) is 3.80. The zero-order chi connectivity index (χ0) is 13.0. The van der Waals surface area contributed by atoms with Crippen LogP contribution in [0, 0.1) is 6.92 Å². The second-order valence-corrected chi connectivity index (χ2v) is 5.15. The molecule has 2 rings (SSSR count). The first-order chi connectivity index (χ1) is 8.62. The molecule has 4 nitrogen and oxygen atoms in total. The van der Waals surface area contributed by atoms with Crippen molar-refractivity contribution in [1.82, 2.24) is 4.98 Å². The highest BCUT2D eigenvalue weighted by Gasteiger charge is 2.38. The average molecular weight is 248 g/mol. The van der Waals surface area contributed by atoms with E-state index in [0.29, 0.717) is 18.7 Å². The fourth-order valence-electron chi connectivity index (χ4n) is 2.51. The van der Waals surface area contributed by atoms with Gasteiger partial charge < -0.3 is 10.4 Å². The molecule has 18 heavy (non-hydrogen) atoms. The van der Waals surface area contributed by atoms with Gasteiger partial charge in [0.25, 0.3) is 0 Å². The fourth-order valence-corrected chi connectivity index (χ4v) is 2.51. The smallest absolute Gasteiger partial charge is 0.329 e. The van der Waals surface area contributed by atoms with Crippen molar-refractivity contribution >= 4 is 11.8 Å². The van der Waals surface area contributed by atoms with Gasteiger partial charge in [0.05, 0.1) is 0 Å². The van der Waals surface area contributed by atoms with E-state index < -0.39 is 11.5 Å². The van der Waals surface area contributed by atoms with Crippen molar-refractivity contribution in [3.8, 4) is 0 Å². The summed E-state index contributed by atoms with van der Waals surface area (Å²) in [5.74, 6) is -0.100. The summed E-state index contributed by atoms with van der Waals surface area (Å²) in [5.41, 5.74) is 0.240. The highest BCUT2D eigenvalue weighted by molar-refractivity contribution is 5.82. The molecular weight excluding hydrogens is 228 g/mol. The minimum atomic E-state index is -0.835. The van der Waals surface area contributed by atoms with Crippen LogP contribution in [-0.2, 0) is 4.79 Å². The van der Waals surface area contributed by atoms with Gasteiger partial charge in [-0.2, -0.15) is 0 Å². The fraction of sp³-hybridized carbons (Fsp3) is 0.571. The number of pyridine rings is 1. The van der Waals surface area contributed by atoms with Crippen LogP contribution in [0.4, 0.5) is 5.82 Å². The molecule has 0 unspecified atom stereocenters. The first-order valence-corrected chi connectivity index (χ1v) is 6.57. The predicted octanol–water partition coefficient (Wildman–Crippen LogP) is 2.98. The Kier molecular flexibility index (Phi) is 3.84. The third-order valence-corrected chi connectivity index (χ3v) is 3.65. The van der Waals surface area contributed by atoms with E-state index in [1.807, 2.05) is 19.1 Å². The number of hydrogen-bond donors (Lipinski definition) is 2. The molecule has 0 amide bonds. The summed E-state index contributed by atoms with van der Waals surface area (Å²) in [5, 5.41) is 12.7. The number of carboxylic acids is 1. The highest BCUT2D eigenvalue weighted by Crippen LogP contribution is 2.30. The summed E-state index contributed by atoms with van der Waals surface area (Å²) in [6.07, 6.45) is 7.29. The van der Waals surface area contributed by atoms with Crippen LogP contribution in [0.5, 0.6) is 0 Å². The molecule has 98 valence electrons. The van der Waals surface area contributed by atoms with Crippen LogP contribution in [0.1, 0.15) is 44.1 Å². The van der Waals surface area contributed by atoms with Crippen LogP contribution >= 0.6 is 0 Å². The molecule has 1 aliphatic carbocycles. The van der Waals surface area contributed by atoms with Crippen LogP contribution < -0.4 is 5.32 Å². The maximum absolute atomic E-state index is 11.6. The van der Waals surface area contributed by atoms with Gasteiger partial charge in [0, 0.05) is 6.20 Å². The lowest BCUT2D eigenvalue weighted by atomic mass is 9.90. The highest BCUT2D eigenvalue weighted by atomic mass is 16.4. The molecule has 0 spiro atoms. The van der Waals surface area contributed by atoms with Gasteiger partial charge in [0.2, 0.25) is 0 Å². The third kappa shape index (κ3) is 2.81. The number of rotatable bonds is 3. The largest absolute Gasteiger partial charge is 0.480 e.